The van der Waals surface area contributed by atoms with Crippen LogP contribution in [0.3, 0.4) is 0 Å². The topological polar surface area (TPSA) is 67.8 Å². The number of halogens is 2. The van der Waals surface area contributed by atoms with Crippen LogP contribution in [-0.2, 0) is 0 Å². The van der Waals surface area contributed by atoms with Crippen LogP contribution in [-0.4, -0.2) is 11.0 Å². The second kappa shape index (κ2) is 5.71. The maximum Gasteiger partial charge on any atom is 0.171 e. The molecule has 2 aromatic carbocycles. The molecule has 0 saturated carbocycles. The molecule has 2 aromatic rings. The molecule has 2 rings (SSSR count). The molecule has 0 fully saturated rings. The Balaban J connectivity index is 2.23. The van der Waals surface area contributed by atoms with Crippen molar-refractivity contribution in [2.75, 3.05) is 0 Å². The van der Waals surface area contributed by atoms with E-state index in [-0.39, 0.29) is 11.7 Å². The van der Waals surface area contributed by atoms with Gasteiger partial charge in [-0.3, -0.25) is 0 Å². The summed E-state index contributed by atoms with van der Waals surface area (Å²) in [6.07, 6.45) is 0. The summed E-state index contributed by atoms with van der Waals surface area (Å²) in [6, 6.07) is 10.7. The van der Waals surface area contributed by atoms with Gasteiger partial charge in [0.25, 0.3) is 0 Å². The van der Waals surface area contributed by atoms with Crippen molar-refractivity contribution in [3.63, 3.8) is 0 Å². The van der Waals surface area contributed by atoms with Gasteiger partial charge in [0.05, 0.1) is 0 Å². The fourth-order valence-electron chi connectivity index (χ4n) is 1.46. The van der Waals surface area contributed by atoms with Crippen LogP contribution in [0.15, 0.2) is 52.1 Å². The second-order valence-corrected chi connectivity index (χ2v) is 4.54. The highest BCUT2D eigenvalue weighted by Gasteiger charge is 2.07. The first-order valence-corrected chi connectivity index (χ1v) is 6.10. The zero-order valence-electron chi connectivity index (χ0n) is 9.68. The Morgan fingerprint density at radius 2 is 1.79 bits per heavy atom. The summed E-state index contributed by atoms with van der Waals surface area (Å²) in [7, 11) is 0. The van der Waals surface area contributed by atoms with E-state index >= 15 is 0 Å². The van der Waals surface area contributed by atoms with Crippen LogP contribution >= 0.6 is 15.9 Å². The van der Waals surface area contributed by atoms with Crippen molar-refractivity contribution in [3.05, 3.63) is 58.3 Å². The molecule has 0 atom stereocenters. The number of nitrogens with two attached hydrogens (primary N) is 1. The minimum atomic E-state index is -0.323. The smallest absolute Gasteiger partial charge is 0.171 e. The van der Waals surface area contributed by atoms with E-state index in [0.717, 1.165) is 0 Å². The summed E-state index contributed by atoms with van der Waals surface area (Å²) in [6.45, 7) is 0. The third-order valence-electron chi connectivity index (χ3n) is 2.37. The minimum Gasteiger partial charge on any atom is -0.457 e. The summed E-state index contributed by atoms with van der Waals surface area (Å²) in [5.74, 6) is 0.744. The monoisotopic (exact) mass is 324 g/mol. The lowest BCUT2D eigenvalue weighted by molar-refractivity contribution is 0.318. The van der Waals surface area contributed by atoms with Gasteiger partial charge in [-0.1, -0.05) is 5.16 Å². The number of oxime groups is 1. The lowest BCUT2D eigenvalue weighted by Gasteiger charge is -2.08. The molecule has 98 valence electrons. The quantitative estimate of drug-likeness (QED) is 0.393. The van der Waals surface area contributed by atoms with Crippen molar-refractivity contribution in [2.24, 2.45) is 10.9 Å². The second-order valence-electron chi connectivity index (χ2n) is 3.68. The Kier molecular flexibility index (Phi) is 4.01. The van der Waals surface area contributed by atoms with Crippen molar-refractivity contribution in [3.8, 4) is 11.5 Å². The molecule has 0 spiro atoms. The van der Waals surface area contributed by atoms with E-state index in [1.807, 2.05) is 0 Å². The molecule has 6 heteroatoms. The number of ether oxygens (including phenoxy) is 1. The third-order valence-corrected chi connectivity index (χ3v) is 3.03. The van der Waals surface area contributed by atoms with Gasteiger partial charge in [-0.15, -0.1) is 0 Å². The largest absolute Gasteiger partial charge is 0.457 e. The fraction of sp³-hybridized carbons (Fsp3) is 0. The van der Waals surface area contributed by atoms with E-state index in [1.165, 1.54) is 24.3 Å². The van der Waals surface area contributed by atoms with Gasteiger partial charge >= 0.3 is 0 Å². The number of hydrogen-bond donors (Lipinski definition) is 2. The van der Waals surface area contributed by atoms with Crippen LogP contribution in [0.2, 0.25) is 0 Å². The summed E-state index contributed by atoms with van der Waals surface area (Å²) in [5, 5.41) is 11.5. The van der Waals surface area contributed by atoms with Crippen molar-refractivity contribution >= 4 is 21.8 Å². The zero-order valence-corrected chi connectivity index (χ0v) is 11.3. The molecule has 0 bridgehead atoms. The number of hydrogen-bond acceptors (Lipinski definition) is 3. The van der Waals surface area contributed by atoms with Gasteiger partial charge in [-0.05, 0) is 58.4 Å². The molecule has 0 unspecified atom stereocenters. The average molecular weight is 325 g/mol. The van der Waals surface area contributed by atoms with Crippen LogP contribution in [0.25, 0.3) is 0 Å². The molecular weight excluding hydrogens is 315 g/mol. The van der Waals surface area contributed by atoms with E-state index < -0.39 is 0 Å². The van der Waals surface area contributed by atoms with Crippen molar-refractivity contribution in [2.45, 2.75) is 0 Å². The first-order valence-electron chi connectivity index (χ1n) is 5.31. The summed E-state index contributed by atoms with van der Waals surface area (Å²) in [4.78, 5) is 0. The average Bonchev–Trinajstić information content (AvgIpc) is 2.41. The van der Waals surface area contributed by atoms with Crippen molar-refractivity contribution in [1.29, 1.82) is 0 Å². The summed E-state index contributed by atoms with van der Waals surface area (Å²) < 4.78 is 18.9. The molecule has 0 aliphatic carbocycles. The Morgan fingerprint density at radius 3 is 2.37 bits per heavy atom. The van der Waals surface area contributed by atoms with Gasteiger partial charge in [0.15, 0.2) is 5.84 Å². The SMILES string of the molecule is N/C(=N/O)c1ccc(Oc2ccc(F)cc2)cc1Br. The Hall–Kier alpha value is -2.08. The highest BCUT2D eigenvalue weighted by atomic mass is 79.9. The van der Waals surface area contributed by atoms with Crippen molar-refractivity contribution in [1.82, 2.24) is 0 Å². The fourth-order valence-corrected chi connectivity index (χ4v) is 2.02. The predicted octanol–water partition coefficient (Wildman–Crippen LogP) is 3.48. The van der Waals surface area contributed by atoms with Gasteiger partial charge < -0.3 is 15.7 Å². The summed E-state index contributed by atoms with van der Waals surface area (Å²) in [5.41, 5.74) is 6.05. The van der Waals surface area contributed by atoms with Gasteiger partial charge in [0, 0.05) is 10.0 Å². The zero-order chi connectivity index (χ0) is 13.8. The van der Waals surface area contributed by atoms with Crippen LogP contribution in [0.4, 0.5) is 4.39 Å². The molecule has 3 N–H and O–H groups in total. The number of nitrogens with zero attached hydrogens (tertiary/aromatic N) is 1. The van der Waals surface area contributed by atoms with E-state index in [0.29, 0.717) is 21.5 Å². The minimum absolute atomic E-state index is 0.000192. The normalized spacial score (nSPS) is 11.4. The number of amidine groups is 1. The Labute approximate surface area is 117 Å². The van der Waals surface area contributed by atoms with Gasteiger partial charge in [0.2, 0.25) is 0 Å². The Bertz CT molecular complexity index is 615. The molecule has 4 nitrogen and oxygen atoms in total. The molecule has 0 radical (unpaired) electrons. The van der Waals surface area contributed by atoms with Crippen LogP contribution < -0.4 is 10.5 Å². The predicted molar refractivity (Wildman–Crippen MR) is 73.1 cm³/mol. The molecule has 0 aliphatic rings. The Morgan fingerprint density at radius 1 is 1.16 bits per heavy atom. The van der Waals surface area contributed by atoms with Crippen LogP contribution in [0.1, 0.15) is 5.56 Å². The van der Waals surface area contributed by atoms with E-state index in [9.17, 15) is 4.39 Å². The molecule has 0 amide bonds. The van der Waals surface area contributed by atoms with Gasteiger partial charge in [-0.25, -0.2) is 4.39 Å². The number of rotatable bonds is 3. The molecule has 0 aliphatic heterocycles. The van der Waals surface area contributed by atoms with Gasteiger partial charge in [0.1, 0.15) is 17.3 Å². The van der Waals surface area contributed by atoms with E-state index in [2.05, 4.69) is 21.1 Å². The third kappa shape index (κ3) is 3.23. The van der Waals surface area contributed by atoms with E-state index in [1.54, 1.807) is 18.2 Å². The van der Waals surface area contributed by atoms with Crippen molar-refractivity contribution < 1.29 is 14.3 Å². The molecular formula is C13H10BrFN2O2. The van der Waals surface area contributed by atoms with Gasteiger partial charge in [-0.2, -0.15) is 0 Å². The number of benzene rings is 2. The molecule has 0 aromatic heterocycles. The first-order chi connectivity index (χ1) is 9.10. The van der Waals surface area contributed by atoms with Crippen LogP contribution in [0, 0.1) is 5.82 Å². The maximum atomic E-state index is 12.8. The standard InChI is InChI=1S/C13H10BrFN2O2/c14-12-7-10(5-6-11(12)13(16)17-18)19-9-3-1-8(15)2-4-9/h1-7,18H,(H2,16,17). The molecule has 0 heterocycles. The lowest BCUT2D eigenvalue weighted by Crippen LogP contribution is -2.13. The van der Waals surface area contributed by atoms with Crippen LogP contribution in [0.5, 0.6) is 11.5 Å². The van der Waals surface area contributed by atoms with E-state index in [4.69, 9.17) is 15.7 Å². The highest BCUT2D eigenvalue weighted by molar-refractivity contribution is 9.10. The molecule has 19 heavy (non-hydrogen) atoms. The highest BCUT2D eigenvalue weighted by Crippen LogP contribution is 2.27. The molecule has 0 saturated heterocycles. The first kappa shape index (κ1) is 13.4. The summed E-state index contributed by atoms with van der Waals surface area (Å²) >= 11 is 3.30. The maximum absolute atomic E-state index is 12.8. The lowest BCUT2D eigenvalue weighted by atomic mass is 10.2.